The van der Waals surface area contributed by atoms with E-state index >= 15 is 0 Å². The van der Waals surface area contributed by atoms with Crippen molar-refractivity contribution < 1.29 is 4.74 Å². The Morgan fingerprint density at radius 2 is 2.25 bits per heavy atom. The van der Waals surface area contributed by atoms with Gasteiger partial charge in [-0.05, 0) is 18.7 Å². The largest absolute Gasteiger partial charge is 0.496 e. The molecule has 0 saturated heterocycles. The van der Waals surface area contributed by atoms with Crippen molar-refractivity contribution in [3.8, 4) is 5.75 Å². The van der Waals surface area contributed by atoms with Gasteiger partial charge in [0.1, 0.15) is 17.9 Å². The van der Waals surface area contributed by atoms with Gasteiger partial charge in [-0.15, -0.1) is 0 Å². The van der Waals surface area contributed by atoms with Gasteiger partial charge in [-0.3, -0.25) is 4.68 Å². The lowest BCUT2D eigenvalue weighted by Crippen LogP contribution is -2.24. The number of nitrogens with zero attached hydrogens (tertiary/aromatic N) is 3. The van der Waals surface area contributed by atoms with E-state index in [-0.39, 0.29) is 6.04 Å². The fourth-order valence-corrected chi connectivity index (χ4v) is 2.36. The van der Waals surface area contributed by atoms with Crippen molar-refractivity contribution in [3.63, 3.8) is 0 Å². The van der Waals surface area contributed by atoms with E-state index in [4.69, 9.17) is 16.3 Å². The smallest absolute Gasteiger partial charge is 0.138 e. The first kappa shape index (κ1) is 14.8. The van der Waals surface area contributed by atoms with Crippen molar-refractivity contribution in [3.05, 3.63) is 40.9 Å². The summed E-state index contributed by atoms with van der Waals surface area (Å²) in [6.07, 6.45) is 2.31. The number of methoxy groups -OCH3 is 1. The lowest BCUT2D eigenvalue weighted by molar-refractivity contribution is 0.397. The molecule has 0 bridgehead atoms. The molecule has 1 aromatic heterocycles. The van der Waals surface area contributed by atoms with Gasteiger partial charge in [0, 0.05) is 30.1 Å². The lowest BCUT2D eigenvalue weighted by atomic mass is 10.0. The van der Waals surface area contributed by atoms with Gasteiger partial charge in [0.05, 0.1) is 7.11 Å². The van der Waals surface area contributed by atoms with Crippen LogP contribution in [-0.2, 0) is 13.5 Å². The number of nitrogens with one attached hydrogen (secondary N) is 1. The summed E-state index contributed by atoms with van der Waals surface area (Å²) in [6, 6.07) is 5.80. The quantitative estimate of drug-likeness (QED) is 0.889. The van der Waals surface area contributed by atoms with Crippen LogP contribution in [0.2, 0.25) is 5.02 Å². The molecule has 108 valence electrons. The third-order valence-electron chi connectivity index (χ3n) is 3.21. The van der Waals surface area contributed by atoms with Gasteiger partial charge < -0.3 is 10.1 Å². The van der Waals surface area contributed by atoms with Gasteiger partial charge in [-0.1, -0.05) is 24.6 Å². The van der Waals surface area contributed by atoms with Gasteiger partial charge in [-0.2, -0.15) is 5.10 Å². The van der Waals surface area contributed by atoms with E-state index in [1.165, 1.54) is 0 Å². The highest BCUT2D eigenvalue weighted by Gasteiger charge is 2.18. The van der Waals surface area contributed by atoms with Gasteiger partial charge >= 0.3 is 0 Å². The minimum absolute atomic E-state index is 0.107. The molecule has 2 aromatic rings. The average Bonchev–Trinajstić information content (AvgIpc) is 2.84. The Hall–Kier alpha value is -1.59. The van der Waals surface area contributed by atoms with Crippen molar-refractivity contribution in [1.29, 1.82) is 0 Å². The summed E-state index contributed by atoms with van der Waals surface area (Å²) >= 11 is 6.02. The molecular weight excluding hydrogens is 276 g/mol. The van der Waals surface area contributed by atoms with Crippen LogP contribution in [-0.4, -0.2) is 28.4 Å². The first-order valence-electron chi connectivity index (χ1n) is 6.55. The molecule has 6 heteroatoms. The Morgan fingerprint density at radius 3 is 2.85 bits per heavy atom. The molecule has 1 N–H and O–H groups in total. The van der Waals surface area contributed by atoms with Gasteiger partial charge in [0.25, 0.3) is 0 Å². The van der Waals surface area contributed by atoms with Crippen molar-refractivity contribution >= 4 is 11.6 Å². The fourth-order valence-electron chi connectivity index (χ4n) is 2.20. The number of aromatic nitrogens is 3. The molecule has 1 heterocycles. The van der Waals surface area contributed by atoms with Crippen molar-refractivity contribution in [2.45, 2.75) is 19.4 Å². The van der Waals surface area contributed by atoms with Crippen LogP contribution in [0.4, 0.5) is 0 Å². The molecule has 0 amide bonds. The maximum absolute atomic E-state index is 6.02. The maximum atomic E-state index is 6.02. The predicted molar refractivity (Wildman–Crippen MR) is 79.1 cm³/mol. The Kier molecular flexibility index (Phi) is 4.98. The highest BCUT2D eigenvalue weighted by Crippen LogP contribution is 2.30. The Balaban J connectivity index is 2.30. The SMILES string of the molecule is CCNC(Cc1ncnn1C)c1ccc(Cl)cc1OC. The zero-order valence-corrected chi connectivity index (χ0v) is 12.7. The Bertz CT molecular complexity index is 570. The van der Waals surface area contributed by atoms with E-state index in [0.717, 1.165) is 30.1 Å². The summed E-state index contributed by atoms with van der Waals surface area (Å²) in [5.41, 5.74) is 1.07. The summed E-state index contributed by atoms with van der Waals surface area (Å²) in [5.74, 6) is 1.71. The minimum atomic E-state index is 0.107. The molecule has 1 atom stereocenters. The predicted octanol–water partition coefficient (Wildman–Crippen LogP) is 2.37. The third kappa shape index (κ3) is 3.29. The molecule has 1 aromatic carbocycles. The number of ether oxygens (including phenoxy) is 1. The number of rotatable bonds is 6. The Labute approximate surface area is 123 Å². The molecule has 0 fully saturated rings. The van der Waals surface area contributed by atoms with Crippen molar-refractivity contribution in [2.75, 3.05) is 13.7 Å². The highest BCUT2D eigenvalue weighted by atomic mass is 35.5. The zero-order valence-electron chi connectivity index (χ0n) is 11.9. The molecule has 5 nitrogen and oxygen atoms in total. The first-order chi connectivity index (χ1) is 9.65. The first-order valence-corrected chi connectivity index (χ1v) is 6.93. The van der Waals surface area contributed by atoms with E-state index in [0.29, 0.717) is 5.02 Å². The van der Waals surface area contributed by atoms with Gasteiger partial charge in [-0.25, -0.2) is 4.98 Å². The molecule has 0 spiro atoms. The molecule has 20 heavy (non-hydrogen) atoms. The molecule has 0 aliphatic carbocycles. The van der Waals surface area contributed by atoms with Crippen LogP contribution in [0.5, 0.6) is 5.75 Å². The number of hydrogen-bond acceptors (Lipinski definition) is 4. The molecule has 0 aliphatic heterocycles. The highest BCUT2D eigenvalue weighted by molar-refractivity contribution is 6.30. The van der Waals surface area contributed by atoms with Crippen molar-refractivity contribution in [2.24, 2.45) is 7.05 Å². The molecule has 0 saturated carbocycles. The van der Waals surface area contributed by atoms with E-state index in [1.807, 2.05) is 25.2 Å². The van der Waals surface area contributed by atoms with E-state index in [2.05, 4.69) is 22.3 Å². The van der Waals surface area contributed by atoms with E-state index < -0.39 is 0 Å². The molecule has 0 radical (unpaired) electrons. The average molecular weight is 295 g/mol. The fraction of sp³-hybridized carbons (Fsp3) is 0.429. The Morgan fingerprint density at radius 1 is 1.45 bits per heavy atom. The summed E-state index contributed by atoms with van der Waals surface area (Å²) in [5, 5.41) is 8.23. The number of hydrogen-bond donors (Lipinski definition) is 1. The summed E-state index contributed by atoms with van der Waals surface area (Å²) in [6.45, 7) is 2.93. The standard InChI is InChI=1S/C14H19ClN4O/c1-4-16-12(8-14-17-9-18-19(14)2)11-6-5-10(15)7-13(11)20-3/h5-7,9,12,16H,4,8H2,1-3H3. The zero-order chi connectivity index (χ0) is 14.5. The number of aryl methyl sites for hydroxylation is 1. The van der Waals surface area contributed by atoms with Crippen LogP contribution in [0.1, 0.15) is 24.4 Å². The van der Waals surface area contributed by atoms with Crippen LogP contribution < -0.4 is 10.1 Å². The van der Waals surface area contributed by atoms with Crippen molar-refractivity contribution in [1.82, 2.24) is 20.1 Å². The van der Waals surface area contributed by atoms with Gasteiger partial charge in [0.15, 0.2) is 0 Å². The van der Waals surface area contributed by atoms with E-state index in [9.17, 15) is 0 Å². The van der Waals surface area contributed by atoms with Gasteiger partial charge in [0.2, 0.25) is 0 Å². The minimum Gasteiger partial charge on any atom is -0.496 e. The monoisotopic (exact) mass is 294 g/mol. The number of benzene rings is 1. The third-order valence-corrected chi connectivity index (χ3v) is 3.45. The van der Waals surface area contributed by atoms with Crippen LogP contribution in [0.25, 0.3) is 0 Å². The second-order valence-corrected chi connectivity index (χ2v) is 4.94. The summed E-state index contributed by atoms with van der Waals surface area (Å²) < 4.78 is 7.22. The molecule has 1 unspecified atom stereocenters. The number of likely N-dealkylation sites (N-methyl/N-ethyl adjacent to an activating group) is 1. The topological polar surface area (TPSA) is 52.0 Å². The number of halogens is 1. The van der Waals surface area contributed by atoms with Crippen LogP contribution in [0.15, 0.2) is 24.5 Å². The van der Waals surface area contributed by atoms with Crippen LogP contribution in [0, 0.1) is 0 Å². The second-order valence-electron chi connectivity index (χ2n) is 4.50. The summed E-state index contributed by atoms with van der Waals surface area (Å²) in [4.78, 5) is 4.28. The molecule has 0 aliphatic rings. The molecule has 2 rings (SSSR count). The molecular formula is C14H19ClN4O. The lowest BCUT2D eigenvalue weighted by Gasteiger charge is -2.20. The second kappa shape index (κ2) is 6.72. The van der Waals surface area contributed by atoms with E-state index in [1.54, 1.807) is 18.1 Å². The van der Waals surface area contributed by atoms with Crippen LogP contribution >= 0.6 is 11.6 Å². The normalized spacial score (nSPS) is 12.4. The van der Waals surface area contributed by atoms with Crippen LogP contribution in [0.3, 0.4) is 0 Å². The summed E-state index contributed by atoms with van der Waals surface area (Å²) in [7, 11) is 3.55. The maximum Gasteiger partial charge on any atom is 0.138 e.